The van der Waals surface area contributed by atoms with Crippen LogP contribution in [0.3, 0.4) is 0 Å². The van der Waals surface area contributed by atoms with Gasteiger partial charge in [0.2, 0.25) is 0 Å². The zero-order valence-corrected chi connectivity index (χ0v) is 9.09. The minimum Gasteiger partial charge on any atom is -0.392 e. The summed E-state index contributed by atoms with van der Waals surface area (Å²) in [6, 6.07) is 9.67. The number of nitrogens with two attached hydrogens (primary N) is 1. The number of benzene rings is 1. The first-order chi connectivity index (χ1) is 8.29. The number of nitrogen functional groups attached to an aromatic ring is 1. The van der Waals surface area contributed by atoms with Gasteiger partial charge >= 0.3 is 0 Å². The van der Waals surface area contributed by atoms with Crippen LogP contribution in [0.15, 0.2) is 36.5 Å². The Hall–Kier alpha value is -2.20. The van der Waals surface area contributed by atoms with E-state index in [9.17, 15) is 0 Å². The molecule has 84 valence electrons. The van der Waals surface area contributed by atoms with E-state index in [0.717, 1.165) is 21.9 Å². The molecule has 2 heterocycles. The quantitative estimate of drug-likeness (QED) is 0.620. The van der Waals surface area contributed by atoms with Crippen molar-refractivity contribution in [3.63, 3.8) is 0 Å². The predicted molar refractivity (Wildman–Crippen MR) is 67.4 cm³/mol. The Balaban J connectivity index is 2.52. The molecule has 3 aromatic rings. The van der Waals surface area contributed by atoms with Gasteiger partial charge in [-0.1, -0.05) is 18.2 Å². The van der Waals surface area contributed by atoms with Crippen LogP contribution in [0, 0.1) is 0 Å². The number of anilines is 1. The van der Waals surface area contributed by atoms with Crippen LogP contribution in [0.25, 0.3) is 21.8 Å². The number of hydrogen-bond donors (Lipinski definition) is 2. The molecular weight excluding hydrogens is 214 g/mol. The number of aromatic nitrogens is 2. The summed E-state index contributed by atoms with van der Waals surface area (Å²) in [6.07, 6.45) is 1.62. The Morgan fingerprint density at radius 2 is 2.00 bits per heavy atom. The van der Waals surface area contributed by atoms with E-state index in [0.29, 0.717) is 11.3 Å². The molecule has 0 radical (unpaired) electrons. The molecule has 0 saturated carbocycles. The highest BCUT2D eigenvalue weighted by atomic mass is 16.3. The minimum atomic E-state index is -0.0283. The highest BCUT2D eigenvalue weighted by molar-refractivity contribution is 6.08. The minimum absolute atomic E-state index is 0.0283. The van der Waals surface area contributed by atoms with Crippen molar-refractivity contribution in [2.75, 3.05) is 5.73 Å². The topological polar surface area (TPSA) is 72.0 Å². The highest BCUT2D eigenvalue weighted by Crippen LogP contribution is 2.26. The van der Waals surface area contributed by atoms with Gasteiger partial charge in [-0.3, -0.25) is 4.98 Å². The van der Waals surface area contributed by atoms with Crippen LogP contribution >= 0.6 is 0 Å². The fourth-order valence-corrected chi connectivity index (χ4v) is 1.99. The van der Waals surface area contributed by atoms with E-state index < -0.39 is 0 Å². The first-order valence-electron chi connectivity index (χ1n) is 5.33. The number of nitrogens with zero attached hydrogens (tertiary/aromatic N) is 2. The van der Waals surface area contributed by atoms with Gasteiger partial charge in [0.05, 0.1) is 12.1 Å². The van der Waals surface area contributed by atoms with Crippen LogP contribution in [-0.2, 0) is 6.61 Å². The molecule has 0 saturated heterocycles. The predicted octanol–water partition coefficient (Wildman–Crippen LogP) is 1.86. The van der Waals surface area contributed by atoms with Crippen LogP contribution in [-0.4, -0.2) is 15.1 Å². The average Bonchev–Trinajstić information content (AvgIpc) is 2.38. The zero-order chi connectivity index (χ0) is 11.8. The molecule has 0 fully saturated rings. The Kier molecular flexibility index (Phi) is 2.16. The van der Waals surface area contributed by atoms with Gasteiger partial charge in [0.25, 0.3) is 0 Å². The summed E-state index contributed by atoms with van der Waals surface area (Å²) in [7, 11) is 0. The van der Waals surface area contributed by atoms with Crippen molar-refractivity contribution in [2.24, 2.45) is 0 Å². The molecular formula is C13H11N3O. The molecule has 3 rings (SSSR count). The maximum atomic E-state index is 9.15. The lowest BCUT2D eigenvalue weighted by molar-refractivity contribution is 0.281. The molecule has 0 aliphatic carbocycles. The molecule has 4 heteroatoms. The summed E-state index contributed by atoms with van der Waals surface area (Å²) in [5.74, 6) is 0.420. The zero-order valence-electron chi connectivity index (χ0n) is 9.09. The van der Waals surface area contributed by atoms with Gasteiger partial charge in [0.15, 0.2) is 5.82 Å². The number of fused-ring (bicyclic) bond motifs is 3. The number of aliphatic hydroxyl groups is 1. The smallest absolute Gasteiger partial charge is 0.150 e. The fraction of sp³-hybridized carbons (Fsp3) is 0.0769. The van der Waals surface area contributed by atoms with Crippen molar-refractivity contribution in [2.45, 2.75) is 6.61 Å². The third-order valence-electron chi connectivity index (χ3n) is 2.80. The van der Waals surface area contributed by atoms with Crippen molar-refractivity contribution in [3.8, 4) is 0 Å². The number of para-hydroxylation sites is 1. The van der Waals surface area contributed by atoms with Crippen molar-refractivity contribution < 1.29 is 5.11 Å². The molecule has 3 N–H and O–H groups in total. The van der Waals surface area contributed by atoms with Gasteiger partial charge in [0, 0.05) is 17.0 Å². The lowest BCUT2D eigenvalue weighted by Gasteiger charge is -2.06. The summed E-state index contributed by atoms with van der Waals surface area (Å²) in [5.41, 5.74) is 8.17. The van der Waals surface area contributed by atoms with Crippen molar-refractivity contribution in [1.29, 1.82) is 0 Å². The second-order valence-electron chi connectivity index (χ2n) is 3.91. The largest absolute Gasteiger partial charge is 0.392 e. The second kappa shape index (κ2) is 3.68. The summed E-state index contributed by atoms with van der Waals surface area (Å²) in [5, 5.41) is 11.1. The molecule has 1 aromatic carbocycles. The Morgan fingerprint density at radius 3 is 2.82 bits per heavy atom. The van der Waals surface area contributed by atoms with E-state index in [1.165, 1.54) is 0 Å². The second-order valence-corrected chi connectivity index (χ2v) is 3.91. The number of aliphatic hydroxyl groups excluding tert-OH is 1. The average molecular weight is 225 g/mol. The first kappa shape index (κ1) is 9.99. The number of pyridine rings is 2. The van der Waals surface area contributed by atoms with E-state index in [-0.39, 0.29) is 6.61 Å². The molecule has 0 atom stereocenters. The van der Waals surface area contributed by atoms with Gasteiger partial charge in [-0.05, 0) is 17.7 Å². The number of hydrogen-bond acceptors (Lipinski definition) is 4. The molecule has 4 nitrogen and oxygen atoms in total. The van der Waals surface area contributed by atoms with E-state index in [4.69, 9.17) is 10.8 Å². The molecule has 0 unspecified atom stereocenters. The maximum absolute atomic E-state index is 9.15. The van der Waals surface area contributed by atoms with Crippen LogP contribution in [0.5, 0.6) is 0 Å². The summed E-state index contributed by atoms with van der Waals surface area (Å²) in [4.78, 5) is 8.57. The molecule has 0 amide bonds. The van der Waals surface area contributed by atoms with Crippen LogP contribution in [0.1, 0.15) is 5.56 Å². The van der Waals surface area contributed by atoms with Crippen LogP contribution < -0.4 is 5.73 Å². The molecule has 0 bridgehead atoms. The van der Waals surface area contributed by atoms with E-state index in [1.54, 1.807) is 6.20 Å². The van der Waals surface area contributed by atoms with E-state index in [1.807, 2.05) is 30.3 Å². The normalized spacial score (nSPS) is 11.1. The van der Waals surface area contributed by atoms with Crippen molar-refractivity contribution >= 4 is 27.6 Å². The third kappa shape index (κ3) is 1.50. The SMILES string of the molecule is Nc1nc2ccccc2c2cc(CO)cnc12. The molecule has 17 heavy (non-hydrogen) atoms. The van der Waals surface area contributed by atoms with Gasteiger partial charge in [-0.25, -0.2) is 4.98 Å². The fourth-order valence-electron chi connectivity index (χ4n) is 1.99. The Bertz CT molecular complexity index is 709. The molecule has 0 aliphatic heterocycles. The van der Waals surface area contributed by atoms with Gasteiger partial charge in [-0.2, -0.15) is 0 Å². The monoisotopic (exact) mass is 225 g/mol. The van der Waals surface area contributed by atoms with E-state index in [2.05, 4.69) is 9.97 Å². The summed E-state index contributed by atoms with van der Waals surface area (Å²) >= 11 is 0. The molecule has 0 spiro atoms. The van der Waals surface area contributed by atoms with Crippen LogP contribution in [0.4, 0.5) is 5.82 Å². The van der Waals surface area contributed by atoms with Crippen molar-refractivity contribution in [3.05, 3.63) is 42.1 Å². The maximum Gasteiger partial charge on any atom is 0.150 e. The van der Waals surface area contributed by atoms with E-state index >= 15 is 0 Å². The standard InChI is InChI=1S/C13H11N3O/c14-13-12-10(5-8(7-17)6-15-12)9-3-1-2-4-11(9)16-13/h1-6,17H,7H2,(H2,14,16). The highest BCUT2D eigenvalue weighted by Gasteiger charge is 2.07. The van der Waals surface area contributed by atoms with Gasteiger partial charge in [0.1, 0.15) is 5.52 Å². The van der Waals surface area contributed by atoms with Gasteiger partial charge in [-0.15, -0.1) is 0 Å². The third-order valence-corrected chi connectivity index (χ3v) is 2.80. The van der Waals surface area contributed by atoms with Gasteiger partial charge < -0.3 is 10.8 Å². The van der Waals surface area contributed by atoms with Crippen molar-refractivity contribution in [1.82, 2.24) is 9.97 Å². The lowest BCUT2D eigenvalue weighted by atomic mass is 10.1. The molecule has 0 aliphatic rings. The first-order valence-corrected chi connectivity index (χ1v) is 5.33. The summed E-state index contributed by atoms with van der Waals surface area (Å²) < 4.78 is 0. The summed E-state index contributed by atoms with van der Waals surface area (Å²) in [6.45, 7) is -0.0283. The number of rotatable bonds is 1. The molecule has 2 aromatic heterocycles. The van der Waals surface area contributed by atoms with Crippen LogP contribution in [0.2, 0.25) is 0 Å². The Labute approximate surface area is 97.7 Å². The lowest BCUT2D eigenvalue weighted by Crippen LogP contribution is -1.96. The Morgan fingerprint density at radius 1 is 1.18 bits per heavy atom.